The Morgan fingerprint density at radius 2 is 1.67 bits per heavy atom. The highest BCUT2D eigenvalue weighted by Gasteiger charge is 2.33. The zero-order valence-corrected chi connectivity index (χ0v) is 21.0. The highest BCUT2D eigenvalue weighted by molar-refractivity contribution is 8.01. The van der Waals surface area contributed by atoms with Gasteiger partial charge in [0, 0.05) is 30.1 Å². The van der Waals surface area contributed by atoms with E-state index in [4.69, 9.17) is 5.73 Å². The van der Waals surface area contributed by atoms with Crippen LogP contribution in [0.3, 0.4) is 0 Å². The van der Waals surface area contributed by atoms with Crippen molar-refractivity contribution in [2.24, 2.45) is 5.73 Å². The van der Waals surface area contributed by atoms with Crippen molar-refractivity contribution in [3.63, 3.8) is 0 Å². The average molecular weight is 466 g/mol. The Kier molecular flexibility index (Phi) is 8.50. The first kappa shape index (κ1) is 24.3. The number of carbonyl (C=O) groups excluding carboxylic acids is 1. The summed E-state index contributed by atoms with van der Waals surface area (Å²) in [6.07, 6.45) is 8.20. The van der Waals surface area contributed by atoms with Crippen LogP contribution < -0.4 is 10.6 Å². The van der Waals surface area contributed by atoms with E-state index in [1.165, 1.54) is 42.7 Å². The molecule has 2 aliphatic rings. The molecule has 1 saturated heterocycles. The van der Waals surface area contributed by atoms with Gasteiger partial charge < -0.3 is 10.6 Å². The van der Waals surface area contributed by atoms with Gasteiger partial charge in [-0.3, -0.25) is 9.69 Å². The Morgan fingerprint density at radius 3 is 2.45 bits per heavy atom. The molecule has 178 valence electrons. The third-order valence-corrected chi connectivity index (χ3v) is 8.54. The standard InChI is InChI=1S/C28H39N3OS/c1-21-10-8-11-22(2)30(21)16-6-3-7-17-31-25-14-4-5-15-26(25)33-27(28(31)32)19-23-12-9-13-24(18-23)20-29/h4-5,9,12-15,18,21-22,27H,3,6-8,10-11,16-17,19-20,29H2,1-2H3/t21-,22+,27?. The van der Waals surface area contributed by atoms with E-state index in [0.29, 0.717) is 18.6 Å². The van der Waals surface area contributed by atoms with Gasteiger partial charge in [-0.2, -0.15) is 0 Å². The molecule has 1 unspecified atom stereocenters. The Balaban J connectivity index is 1.36. The Morgan fingerprint density at radius 1 is 0.939 bits per heavy atom. The maximum atomic E-state index is 13.5. The number of piperidine rings is 1. The number of fused-ring (bicyclic) bond motifs is 1. The molecule has 0 bridgehead atoms. The van der Waals surface area contributed by atoms with E-state index in [9.17, 15) is 4.79 Å². The van der Waals surface area contributed by atoms with Gasteiger partial charge in [-0.25, -0.2) is 0 Å². The number of thioether (sulfide) groups is 1. The predicted octanol–water partition coefficient (Wildman–Crippen LogP) is 5.63. The van der Waals surface area contributed by atoms with Gasteiger partial charge in [0.25, 0.3) is 0 Å². The van der Waals surface area contributed by atoms with E-state index >= 15 is 0 Å². The number of nitrogens with zero attached hydrogens (tertiary/aromatic N) is 2. The minimum absolute atomic E-state index is 0.0806. The first-order valence-electron chi connectivity index (χ1n) is 12.7. The molecule has 33 heavy (non-hydrogen) atoms. The molecule has 0 aliphatic carbocycles. The second-order valence-electron chi connectivity index (χ2n) is 9.72. The number of nitrogens with two attached hydrogens (primary N) is 1. The van der Waals surface area contributed by atoms with Crippen LogP contribution in [0.2, 0.25) is 0 Å². The quantitative estimate of drug-likeness (QED) is 0.488. The minimum Gasteiger partial charge on any atom is -0.326 e. The van der Waals surface area contributed by atoms with Crippen LogP contribution in [-0.4, -0.2) is 41.2 Å². The maximum Gasteiger partial charge on any atom is 0.240 e. The maximum absolute atomic E-state index is 13.5. The number of benzene rings is 2. The van der Waals surface area contributed by atoms with Crippen molar-refractivity contribution in [1.29, 1.82) is 0 Å². The fourth-order valence-electron chi connectivity index (χ4n) is 5.39. The predicted molar refractivity (Wildman–Crippen MR) is 140 cm³/mol. The molecule has 2 aliphatic heterocycles. The minimum atomic E-state index is -0.0806. The molecule has 0 aromatic heterocycles. The lowest BCUT2D eigenvalue weighted by Gasteiger charge is -2.39. The van der Waals surface area contributed by atoms with Crippen LogP contribution in [0.15, 0.2) is 53.4 Å². The third kappa shape index (κ3) is 6.00. The summed E-state index contributed by atoms with van der Waals surface area (Å²) in [7, 11) is 0. The number of amides is 1. The van der Waals surface area contributed by atoms with Gasteiger partial charge in [-0.1, -0.05) is 49.2 Å². The summed E-state index contributed by atoms with van der Waals surface area (Å²) in [6.45, 7) is 7.27. The number of rotatable bonds is 9. The van der Waals surface area contributed by atoms with Crippen LogP contribution in [0.1, 0.15) is 63.5 Å². The van der Waals surface area contributed by atoms with E-state index in [2.05, 4.69) is 54.0 Å². The van der Waals surface area contributed by atoms with Gasteiger partial charge in [0.1, 0.15) is 0 Å². The lowest BCUT2D eigenvalue weighted by molar-refractivity contribution is -0.118. The molecule has 0 radical (unpaired) electrons. The van der Waals surface area contributed by atoms with Crippen molar-refractivity contribution in [1.82, 2.24) is 4.90 Å². The van der Waals surface area contributed by atoms with E-state index in [1.807, 2.05) is 18.2 Å². The normalized spacial score (nSPS) is 23.5. The Labute approximate surface area is 203 Å². The summed E-state index contributed by atoms with van der Waals surface area (Å²) in [4.78, 5) is 19.5. The molecule has 5 heteroatoms. The highest BCUT2D eigenvalue weighted by Crippen LogP contribution is 2.40. The van der Waals surface area contributed by atoms with Crippen molar-refractivity contribution in [3.05, 3.63) is 59.7 Å². The number of hydrogen-bond acceptors (Lipinski definition) is 4. The number of unbranched alkanes of at least 4 members (excludes halogenated alkanes) is 2. The first-order chi connectivity index (χ1) is 16.1. The Hall–Kier alpha value is -1.82. The summed E-state index contributed by atoms with van der Waals surface area (Å²) < 4.78 is 0. The van der Waals surface area contributed by atoms with Gasteiger partial charge in [-0.15, -0.1) is 11.8 Å². The molecule has 2 aromatic rings. The lowest BCUT2D eigenvalue weighted by Crippen LogP contribution is -2.44. The second kappa shape index (κ2) is 11.5. The second-order valence-corrected chi connectivity index (χ2v) is 11.0. The summed E-state index contributed by atoms with van der Waals surface area (Å²) in [5.41, 5.74) is 9.21. The smallest absolute Gasteiger partial charge is 0.240 e. The average Bonchev–Trinajstić information content (AvgIpc) is 2.82. The number of para-hydroxylation sites is 1. The topological polar surface area (TPSA) is 49.6 Å². The summed E-state index contributed by atoms with van der Waals surface area (Å²) in [5, 5.41) is -0.0806. The van der Waals surface area contributed by atoms with Crippen LogP contribution in [0.4, 0.5) is 5.69 Å². The molecule has 3 atom stereocenters. The Bertz CT molecular complexity index is 923. The van der Waals surface area contributed by atoms with Gasteiger partial charge in [0.2, 0.25) is 5.91 Å². The zero-order chi connectivity index (χ0) is 23.2. The lowest BCUT2D eigenvalue weighted by atomic mass is 9.97. The summed E-state index contributed by atoms with van der Waals surface area (Å²) in [6, 6.07) is 18.1. The van der Waals surface area contributed by atoms with Crippen LogP contribution in [0.5, 0.6) is 0 Å². The number of anilines is 1. The van der Waals surface area contributed by atoms with Gasteiger partial charge in [-0.05, 0) is 75.8 Å². The molecule has 2 heterocycles. The van der Waals surface area contributed by atoms with Crippen LogP contribution >= 0.6 is 11.8 Å². The monoisotopic (exact) mass is 465 g/mol. The molecule has 4 nitrogen and oxygen atoms in total. The van der Waals surface area contributed by atoms with Gasteiger partial charge in [0.05, 0.1) is 10.9 Å². The van der Waals surface area contributed by atoms with Crippen molar-refractivity contribution in [2.75, 3.05) is 18.0 Å². The molecular formula is C28H39N3OS. The SMILES string of the molecule is C[C@@H]1CCC[C@H](C)N1CCCCCN1C(=O)C(Cc2cccc(CN)c2)Sc2ccccc21. The number of carbonyl (C=O) groups is 1. The fourth-order valence-corrected chi connectivity index (χ4v) is 6.66. The van der Waals surface area contributed by atoms with Gasteiger partial charge in [0.15, 0.2) is 0 Å². The molecule has 2 N–H and O–H groups in total. The number of likely N-dealkylation sites (tertiary alicyclic amines) is 1. The molecular weight excluding hydrogens is 426 g/mol. The van der Waals surface area contributed by atoms with E-state index < -0.39 is 0 Å². The fraction of sp³-hybridized carbons (Fsp3) is 0.536. The van der Waals surface area contributed by atoms with Crippen LogP contribution in [0.25, 0.3) is 0 Å². The molecule has 0 saturated carbocycles. The van der Waals surface area contributed by atoms with Crippen LogP contribution in [-0.2, 0) is 17.8 Å². The molecule has 0 spiro atoms. The van der Waals surface area contributed by atoms with E-state index in [0.717, 1.165) is 37.1 Å². The van der Waals surface area contributed by atoms with E-state index in [-0.39, 0.29) is 11.2 Å². The van der Waals surface area contributed by atoms with Crippen LogP contribution in [0, 0.1) is 0 Å². The van der Waals surface area contributed by atoms with Crippen molar-refractivity contribution >= 4 is 23.4 Å². The van der Waals surface area contributed by atoms with Crippen molar-refractivity contribution in [2.45, 2.75) is 87.6 Å². The van der Waals surface area contributed by atoms with Crippen molar-refractivity contribution < 1.29 is 4.79 Å². The molecule has 1 fully saturated rings. The zero-order valence-electron chi connectivity index (χ0n) is 20.2. The summed E-state index contributed by atoms with van der Waals surface area (Å²) >= 11 is 1.71. The van der Waals surface area contributed by atoms with Gasteiger partial charge >= 0.3 is 0 Å². The van der Waals surface area contributed by atoms with Crippen molar-refractivity contribution in [3.8, 4) is 0 Å². The molecule has 1 amide bonds. The molecule has 2 aromatic carbocycles. The number of hydrogen-bond donors (Lipinski definition) is 1. The highest BCUT2D eigenvalue weighted by atomic mass is 32.2. The molecule has 4 rings (SSSR count). The largest absolute Gasteiger partial charge is 0.326 e. The van der Waals surface area contributed by atoms with E-state index in [1.54, 1.807) is 11.8 Å². The first-order valence-corrected chi connectivity index (χ1v) is 13.6. The third-order valence-electron chi connectivity index (χ3n) is 7.29. The summed E-state index contributed by atoms with van der Waals surface area (Å²) in [5.74, 6) is 0.245.